The molecular weight excluding hydrogens is 359 g/mol. The van der Waals surface area contributed by atoms with Crippen LogP contribution in [0.15, 0.2) is 18.2 Å². The van der Waals surface area contributed by atoms with Gasteiger partial charge in [-0.2, -0.15) is 0 Å². The SMILES string of the molecule is CC(O)(CNC(=O)C1CCN(c2ccc(Cl)c(Cl)c2)C1=O)C(=O)O. The third kappa shape index (κ3) is 3.80. The lowest BCUT2D eigenvalue weighted by Gasteiger charge is -2.20. The van der Waals surface area contributed by atoms with E-state index in [1.54, 1.807) is 12.1 Å². The van der Waals surface area contributed by atoms with Crippen molar-refractivity contribution >= 4 is 46.7 Å². The topological polar surface area (TPSA) is 107 Å². The van der Waals surface area contributed by atoms with Crippen molar-refractivity contribution in [3.05, 3.63) is 28.2 Å². The second-order valence-corrected chi connectivity index (χ2v) is 6.54. The third-order valence-electron chi connectivity index (χ3n) is 3.80. The molecule has 0 spiro atoms. The van der Waals surface area contributed by atoms with Crippen LogP contribution in [-0.2, 0) is 14.4 Å². The molecule has 130 valence electrons. The summed E-state index contributed by atoms with van der Waals surface area (Å²) in [6, 6.07) is 4.73. The monoisotopic (exact) mass is 374 g/mol. The van der Waals surface area contributed by atoms with Crippen LogP contribution < -0.4 is 10.2 Å². The fourth-order valence-electron chi connectivity index (χ4n) is 2.29. The molecule has 3 N–H and O–H groups in total. The number of aliphatic hydroxyl groups is 1. The maximum Gasteiger partial charge on any atom is 0.337 e. The fraction of sp³-hybridized carbons (Fsp3) is 0.400. The number of aliphatic carboxylic acids is 1. The van der Waals surface area contributed by atoms with Crippen molar-refractivity contribution in [2.24, 2.45) is 5.92 Å². The summed E-state index contributed by atoms with van der Waals surface area (Å²) in [7, 11) is 0. The average Bonchev–Trinajstić information content (AvgIpc) is 2.89. The van der Waals surface area contributed by atoms with E-state index in [-0.39, 0.29) is 6.42 Å². The lowest BCUT2D eigenvalue weighted by molar-refractivity contribution is -0.156. The van der Waals surface area contributed by atoms with Crippen LogP contribution in [0.1, 0.15) is 13.3 Å². The summed E-state index contributed by atoms with van der Waals surface area (Å²) in [5.74, 6) is -3.44. The van der Waals surface area contributed by atoms with Crippen LogP contribution in [0.25, 0.3) is 0 Å². The molecule has 0 aliphatic carbocycles. The van der Waals surface area contributed by atoms with Crippen molar-refractivity contribution in [3.8, 4) is 0 Å². The van der Waals surface area contributed by atoms with Crippen molar-refractivity contribution in [1.29, 1.82) is 0 Å². The van der Waals surface area contributed by atoms with Gasteiger partial charge in [-0.25, -0.2) is 4.79 Å². The number of carbonyl (C=O) groups is 3. The zero-order valence-electron chi connectivity index (χ0n) is 12.8. The van der Waals surface area contributed by atoms with Gasteiger partial charge in [0.25, 0.3) is 0 Å². The molecule has 2 rings (SSSR count). The first kappa shape index (κ1) is 18.5. The van der Waals surface area contributed by atoms with E-state index in [9.17, 15) is 19.5 Å². The number of carboxylic acid groups (broad SMARTS) is 1. The van der Waals surface area contributed by atoms with Crippen molar-refractivity contribution in [2.45, 2.75) is 18.9 Å². The molecule has 1 aliphatic heterocycles. The third-order valence-corrected chi connectivity index (χ3v) is 4.54. The molecule has 2 unspecified atom stereocenters. The fourth-order valence-corrected chi connectivity index (χ4v) is 2.58. The van der Waals surface area contributed by atoms with E-state index < -0.39 is 35.8 Å². The lowest BCUT2D eigenvalue weighted by atomic mass is 10.1. The summed E-state index contributed by atoms with van der Waals surface area (Å²) in [6.07, 6.45) is 0.278. The number of anilines is 1. The largest absolute Gasteiger partial charge is 0.479 e. The van der Waals surface area contributed by atoms with Gasteiger partial charge in [-0.1, -0.05) is 23.2 Å². The molecule has 1 saturated heterocycles. The zero-order chi connectivity index (χ0) is 18.1. The van der Waals surface area contributed by atoms with Crippen LogP contribution in [0, 0.1) is 5.92 Å². The Labute approximate surface area is 148 Å². The number of amides is 2. The Morgan fingerprint density at radius 2 is 2.04 bits per heavy atom. The van der Waals surface area contributed by atoms with Gasteiger partial charge in [0.1, 0.15) is 5.92 Å². The Bertz CT molecular complexity index is 692. The summed E-state index contributed by atoms with van der Waals surface area (Å²) in [5.41, 5.74) is -1.57. The highest BCUT2D eigenvalue weighted by Gasteiger charge is 2.39. The average molecular weight is 375 g/mol. The quantitative estimate of drug-likeness (QED) is 0.673. The molecule has 0 saturated carbocycles. The molecule has 1 aliphatic rings. The molecule has 24 heavy (non-hydrogen) atoms. The molecular formula is C15H16Cl2N2O5. The van der Waals surface area contributed by atoms with E-state index in [0.717, 1.165) is 6.92 Å². The van der Waals surface area contributed by atoms with E-state index in [4.69, 9.17) is 28.3 Å². The predicted molar refractivity (Wildman–Crippen MR) is 88.2 cm³/mol. The van der Waals surface area contributed by atoms with Gasteiger partial charge in [0.2, 0.25) is 11.8 Å². The molecule has 7 nitrogen and oxygen atoms in total. The molecule has 0 aromatic heterocycles. The van der Waals surface area contributed by atoms with Gasteiger partial charge < -0.3 is 20.4 Å². The van der Waals surface area contributed by atoms with Gasteiger partial charge in [-0.05, 0) is 31.5 Å². The summed E-state index contributed by atoms with van der Waals surface area (Å²) >= 11 is 11.8. The first-order valence-corrected chi connectivity index (χ1v) is 7.89. The first-order valence-electron chi connectivity index (χ1n) is 7.13. The van der Waals surface area contributed by atoms with Gasteiger partial charge >= 0.3 is 5.97 Å². The highest BCUT2D eigenvalue weighted by Crippen LogP contribution is 2.31. The van der Waals surface area contributed by atoms with Gasteiger partial charge in [-0.3, -0.25) is 9.59 Å². The Balaban J connectivity index is 2.04. The summed E-state index contributed by atoms with van der Waals surface area (Å²) < 4.78 is 0. The van der Waals surface area contributed by atoms with Gasteiger partial charge in [-0.15, -0.1) is 0 Å². The molecule has 9 heteroatoms. The van der Waals surface area contributed by atoms with Crippen LogP contribution in [-0.4, -0.2) is 46.7 Å². The van der Waals surface area contributed by atoms with Crippen molar-refractivity contribution in [3.63, 3.8) is 0 Å². The van der Waals surface area contributed by atoms with E-state index in [1.807, 2.05) is 0 Å². The number of halogens is 2. The number of hydrogen-bond acceptors (Lipinski definition) is 4. The molecule has 1 aromatic rings. The van der Waals surface area contributed by atoms with Crippen molar-refractivity contribution in [1.82, 2.24) is 5.32 Å². The molecule has 0 radical (unpaired) electrons. The minimum atomic E-state index is -2.10. The standard InChI is InChI=1S/C15H16Cl2N2O5/c1-15(24,14(22)23)7-18-12(20)9-4-5-19(13(9)21)8-2-3-10(16)11(17)6-8/h2-3,6,9,24H,4-5,7H2,1H3,(H,18,20)(H,22,23). The van der Waals surface area contributed by atoms with Crippen LogP contribution in [0.4, 0.5) is 5.69 Å². The Morgan fingerprint density at radius 1 is 1.38 bits per heavy atom. The van der Waals surface area contributed by atoms with Crippen LogP contribution in [0.5, 0.6) is 0 Å². The van der Waals surface area contributed by atoms with E-state index in [1.165, 1.54) is 11.0 Å². The molecule has 2 atom stereocenters. The molecule has 2 amide bonds. The Kier molecular flexibility index (Phi) is 5.37. The molecule has 1 heterocycles. The van der Waals surface area contributed by atoms with Gasteiger partial charge in [0.15, 0.2) is 5.60 Å². The Hall–Kier alpha value is -1.83. The number of nitrogens with zero attached hydrogens (tertiary/aromatic N) is 1. The van der Waals surface area contributed by atoms with Crippen molar-refractivity contribution < 1.29 is 24.6 Å². The van der Waals surface area contributed by atoms with Crippen LogP contribution >= 0.6 is 23.2 Å². The van der Waals surface area contributed by atoms with E-state index in [2.05, 4.69) is 5.32 Å². The maximum absolute atomic E-state index is 12.4. The minimum Gasteiger partial charge on any atom is -0.479 e. The number of hydrogen-bond donors (Lipinski definition) is 3. The number of benzene rings is 1. The predicted octanol–water partition coefficient (Wildman–Crippen LogP) is 1.30. The zero-order valence-corrected chi connectivity index (χ0v) is 14.3. The van der Waals surface area contributed by atoms with E-state index >= 15 is 0 Å². The minimum absolute atomic E-state index is 0.278. The highest BCUT2D eigenvalue weighted by atomic mass is 35.5. The lowest BCUT2D eigenvalue weighted by Crippen LogP contribution is -2.48. The number of rotatable bonds is 5. The van der Waals surface area contributed by atoms with Crippen molar-refractivity contribution in [2.75, 3.05) is 18.0 Å². The number of nitrogens with one attached hydrogen (secondary N) is 1. The van der Waals surface area contributed by atoms with Crippen LogP contribution in [0.3, 0.4) is 0 Å². The number of carbonyl (C=O) groups excluding carboxylic acids is 2. The molecule has 1 aromatic carbocycles. The smallest absolute Gasteiger partial charge is 0.337 e. The Morgan fingerprint density at radius 3 is 2.62 bits per heavy atom. The summed E-state index contributed by atoms with van der Waals surface area (Å²) in [6.45, 7) is 0.899. The highest BCUT2D eigenvalue weighted by molar-refractivity contribution is 6.42. The summed E-state index contributed by atoms with van der Waals surface area (Å²) in [4.78, 5) is 36.8. The summed E-state index contributed by atoms with van der Waals surface area (Å²) in [5, 5.41) is 21.4. The van der Waals surface area contributed by atoms with Gasteiger partial charge in [0.05, 0.1) is 16.6 Å². The second kappa shape index (κ2) is 6.96. The number of carboxylic acids is 1. The maximum atomic E-state index is 12.4. The second-order valence-electron chi connectivity index (χ2n) is 5.73. The normalized spacial score (nSPS) is 19.9. The van der Waals surface area contributed by atoms with Gasteiger partial charge in [0, 0.05) is 12.2 Å². The molecule has 0 bridgehead atoms. The molecule has 1 fully saturated rings. The van der Waals surface area contributed by atoms with E-state index in [0.29, 0.717) is 22.3 Å². The first-order chi connectivity index (χ1) is 11.1. The van der Waals surface area contributed by atoms with Crippen LogP contribution in [0.2, 0.25) is 10.0 Å².